The number of anilines is 1. The van der Waals surface area contributed by atoms with Crippen molar-refractivity contribution >= 4 is 11.7 Å². The molecule has 5 heterocycles. The number of aromatic nitrogens is 5. The standard InChI is InChI=1S/C22H23N7O/c1-28-11-8-16(27-28)22(30)29-15-4-5-18(29)19-17(12-15)25-20(13-6-9-23-10-7-13)26-21(19)24-14-2-3-14/h6-11,14-15,18H,2-5,12H2,1H3,(H,24,25,26)/t15-,18-/m1/s1. The van der Waals surface area contributed by atoms with E-state index in [2.05, 4.69) is 15.4 Å². The summed E-state index contributed by atoms with van der Waals surface area (Å²) in [6.45, 7) is 0. The molecule has 8 nitrogen and oxygen atoms in total. The number of pyridine rings is 1. The molecule has 30 heavy (non-hydrogen) atoms. The predicted octanol–water partition coefficient (Wildman–Crippen LogP) is 2.75. The molecule has 0 unspecified atom stereocenters. The number of nitrogens with one attached hydrogen (secondary N) is 1. The molecule has 1 saturated heterocycles. The summed E-state index contributed by atoms with van der Waals surface area (Å²) in [5.41, 5.74) is 3.63. The molecule has 1 saturated carbocycles. The molecule has 152 valence electrons. The van der Waals surface area contributed by atoms with Gasteiger partial charge in [-0.3, -0.25) is 14.5 Å². The monoisotopic (exact) mass is 401 g/mol. The lowest BCUT2D eigenvalue weighted by molar-refractivity contribution is 0.0638. The molecule has 3 aliphatic rings. The van der Waals surface area contributed by atoms with Crippen LogP contribution in [0.25, 0.3) is 11.4 Å². The van der Waals surface area contributed by atoms with Crippen molar-refractivity contribution in [2.75, 3.05) is 5.32 Å². The zero-order chi connectivity index (χ0) is 20.2. The zero-order valence-electron chi connectivity index (χ0n) is 16.8. The maximum Gasteiger partial charge on any atom is 0.275 e. The summed E-state index contributed by atoms with van der Waals surface area (Å²) in [6, 6.07) is 6.30. The third kappa shape index (κ3) is 2.86. The van der Waals surface area contributed by atoms with Crippen LogP contribution in [-0.4, -0.2) is 47.6 Å². The lowest BCUT2D eigenvalue weighted by Gasteiger charge is -2.36. The van der Waals surface area contributed by atoms with Crippen LogP contribution in [0.5, 0.6) is 0 Å². The van der Waals surface area contributed by atoms with Crippen LogP contribution in [0.2, 0.25) is 0 Å². The van der Waals surface area contributed by atoms with Crippen molar-refractivity contribution in [1.82, 2.24) is 29.6 Å². The van der Waals surface area contributed by atoms with Crippen molar-refractivity contribution in [2.45, 2.75) is 50.2 Å². The second-order valence-corrected chi connectivity index (χ2v) is 8.45. The largest absolute Gasteiger partial charge is 0.367 e. The van der Waals surface area contributed by atoms with E-state index in [1.54, 1.807) is 23.1 Å². The fraction of sp³-hybridized carbons (Fsp3) is 0.409. The van der Waals surface area contributed by atoms with Crippen LogP contribution >= 0.6 is 0 Å². The maximum absolute atomic E-state index is 13.3. The smallest absolute Gasteiger partial charge is 0.275 e. The molecule has 1 N–H and O–H groups in total. The molecule has 8 heteroatoms. The van der Waals surface area contributed by atoms with Crippen LogP contribution in [0, 0.1) is 0 Å². The fourth-order valence-corrected chi connectivity index (χ4v) is 4.74. The van der Waals surface area contributed by atoms with E-state index in [0.717, 1.165) is 60.6 Å². The summed E-state index contributed by atoms with van der Waals surface area (Å²) >= 11 is 0. The van der Waals surface area contributed by atoms with Gasteiger partial charge in [-0.2, -0.15) is 5.10 Å². The summed E-state index contributed by atoms with van der Waals surface area (Å²) < 4.78 is 1.68. The Balaban J connectivity index is 1.43. The molecule has 1 amide bonds. The van der Waals surface area contributed by atoms with E-state index in [-0.39, 0.29) is 18.0 Å². The first kappa shape index (κ1) is 17.6. The number of hydrogen-bond acceptors (Lipinski definition) is 6. The highest BCUT2D eigenvalue weighted by Gasteiger charge is 2.46. The van der Waals surface area contributed by atoms with Gasteiger partial charge in [0.2, 0.25) is 0 Å². The zero-order valence-corrected chi connectivity index (χ0v) is 16.8. The number of carbonyl (C=O) groups is 1. The van der Waals surface area contributed by atoms with Gasteiger partial charge in [0.05, 0.1) is 11.7 Å². The van der Waals surface area contributed by atoms with Crippen molar-refractivity contribution in [3.05, 3.63) is 53.7 Å². The first-order valence-corrected chi connectivity index (χ1v) is 10.6. The van der Waals surface area contributed by atoms with Gasteiger partial charge in [0, 0.05) is 55.3 Å². The summed E-state index contributed by atoms with van der Waals surface area (Å²) in [7, 11) is 1.84. The number of hydrogen-bond donors (Lipinski definition) is 1. The van der Waals surface area contributed by atoms with Crippen LogP contribution in [-0.2, 0) is 13.5 Å². The van der Waals surface area contributed by atoms with Gasteiger partial charge in [0.25, 0.3) is 5.91 Å². The number of aryl methyl sites for hydroxylation is 1. The van der Waals surface area contributed by atoms with Crippen LogP contribution in [0.3, 0.4) is 0 Å². The molecule has 1 aliphatic carbocycles. The number of nitrogens with zero attached hydrogens (tertiary/aromatic N) is 6. The lowest BCUT2D eigenvalue weighted by atomic mass is 9.97. The molecule has 0 radical (unpaired) electrons. The van der Waals surface area contributed by atoms with Crippen molar-refractivity contribution < 1.29 is 4.79 Å². The maximum atomic E-state index is 13.3. The van der Waals surface area contributed by atoms with Gasteiger partial charge in [0.15, 0.2) is 5.82 Å². The van der Waals surface area contributed by atoms with Gasteiger partial charge in [-0.1, -0.05) is 0 Å². The van der Waals surface area contributed by atoms with Crippen LogP contribution in [0.4, 0.5) is 5.82 Å². The fourth-order valence-electron chi connectivity index (χ4n) is 4.74. The molecule has 3 aromatic heterocycles. The molecule has 2 atom stereocenters. The van der Waals surface area contributed by atoms with E-state index < -0.39 is 0 Å². The summed E-state index contributed by atoms with van der Waals surface area (Å²) in [5, 5.41) is 7.96. The Morgan fingerprint density at radius 2 is 1.93 bits per heavy atom. The van der Waals surface area contributed by atoms with Crippen LogP contribution in [0.1, 0.15) is 53.5 Å². The van der Waals surface area contributed by atoms with Crippen LogP contribution in [0.15, 0.2) is 36.8 Å². The third-order valence-electron chi connectivity index (χ3n) is 6.31. The van der Waals surface area contributed by atoms with Gasteiger partial charge in [0.1, 0.15) is 11.5 Å². The van der Waals surface area contributed by atoms with Gasteiger partial charge in [-0.15, -0.1) is 0 Å². The first-order valence-electron chi connectivity index (χ1n) is 10.6. The molecule has 2 aliphatic heterocycles. The van der Waals surface area contributed by atoms with Crippen molar-refractivity contribution in [1.29, 1.82) is 0 Å². The molecule has 2 bridgehead atoms. The number of carbonyl (C=O) groups excluding carboxylic acids is 1. The van der Waals surface area contributed by atoms with Gasteiger partial charge in [-0.05, 0) is 43.9 Å². The second kappa shape index (κ2) is 6.62. The molecule has 0 aromatic carbocycles. The molecular weight excluding hydrogens is 378 g/mol. The summed E-state index contributed by atoms with van der Waals surface area (Å²) in [4.78, 5) is 29.3. The second-order valence-electron chi connectivity index (χ2n) is 8.45. The minimum absolute atomic E-state index is 0.000922. The van der Waals surface area contributed by atoms with E-state index in [1.807, 2.05) is 30.3 Å². The normalized spacial score (nSPS) is 22.1. The molecule has 3 aromatic rings. The highest BCUT2D eigenvalue weighted by Crippen LogP contribution is 2.47. The lowest BCUT2D eigenvalue weighted by Crippen LogP contribution is -2.43. The van der Waals surface area contributed by atoms with Gasteiger partial charge < -0.3 is 10.2 Å². The van der Waals surface area contributed by atoms with E-state index in [1.165, 1.54) is 0 Å². The Labute approximate surface area is 174 Å². The minimum atomic E-state index is 0.000922. The van der Waals surface area contributed by atoms with E-state index in [4.69, 9.17) is 9.97 Å². The Kier molecular flexibility index (Phi) is 3.87. The first-order chi connectivity index (χ1) is 14.7. The molecule has 2 fully saturated rings. The highest BCUT2D eigenvalue weighted by molar-refractivity contribution is 5.93. The van der Waals surface area contributed by atoms with Gasteiger partial charge in [-0.25, -0.2) is 9.97 Å². The van der Waals surface area contributed by atoms with Crippen molar-refractivity contribution in [3.63, 3.8) is 0 Å². The van der Waals surface area contributed by atoms with E-state index in [9.17, 15) is 4.79 Å². The quantitative estimate of drug-likeness (QED) is 0.723. The number of fused-ring (bicyclic) bond motifs is 4. The average molecular weight is 401 g/mol. The molecular formula is C22H23N7O. The average Bonchev–Trinajstić information content (AvgIpc) is 3.38. The molecule has 6 rings (SSSR count). The third-order valence-corrected chi connectivity index (χ3v) is 6.31. The number of amides is 1. The van der Waals surface area contributed by atoms with Crippen molar-refractivity contribution in [3.8, 4) is 11.4 Å². The Morgan fingerprint density at radius 1 is 1.10 bits per heavy atom. The van der Waals surface area contributed by atoms with Crippen LogP contribution < -0.4 is 5.32 Å². The predicted molar refractivity (Wildman–Crippen MR) is 111 cm³/mol. The number of rotatable bonds is 4. The molecule has 0 spiro atoms. The van der Waals surface area contributed by atoms with E-state index >= 15 is 0 Å². The van der Waals surface area contributed by atoms with E-state index in [0.29, 0.717) is 11.7 Å². The Morgan fingerprint density at radius 3 is 2.67 bits per heavy atom. The van der Waals surface area contributed by atoms with Crippen molar-refractivity contribution in [2.24, 2.45) is 7.05 Å². The highest BCUT2D eigenvalue weighted by atomic mass is 16.2. The topological polar surface area (TPSA) is 88.8 Å². The van der Waals surface area contributed by atoms with Gasteiger partial charge >= 0.3 is 0 Å². The Bertz CT molecular complexity index is 1120. The minimum Gasteiger partial charge on any atom is -0.367 e. The Hall–Kier alpha value is -3.29. The summed E-state index contributed by atoms with van der Waals surface area (Å²) in [6.07, 6.45) is 10.3. The summed E-state index contributed by atoms with van der Waals surface area (Å²) in [5.74, 6) is 1.62. The SMILES string of the molecule is Cn1ccc(C(=O)N2[C@@H]3CC[C@@H]2c2c(nc(-c4ccncc4)nc2NC2CC2)C3)n1.